The number of thioether (sulfide) groups is 1. The van der Waals surface area contributed by atoms with E-state index in [0.717, 1.165) is 54.5 Å². The van der Waals surface area contributed by atoms with Gasteiger partial charge < -0.3 is 15.5 Å². The molecule has 1 aromatic heterocycles. The number of nitrogen functional groups attached to an aromatic ring is 1. The zero-order chi connectivity index (χ0) is 29.3. The first-order chi connectivity index (χ1) is 18.7. The van der Waals surface area contributed by atoms with Crippen LogP contribution in [0, 0.1) is 24.2 Å². The molecule has 2 aromatic rings. The third-order valence-corrected chi connectivity index (χ3v) is 8.01. The largest absolute Gasteiger partial charge is 0.398 e. The minimum absolute atomic E-state index is 0.403. The van der Waals surface area contributed by atoms with Gasteiger partial charge in [-0.25, -0.2) is 4.98 Å². The fraction of sp³-hybridized carbons (Fsp3) is 0.515. The number of anilines is 2. The van der Waals surface area contributed by atoms with Crippen molar-refractivity contribution in [2.45, 2.75) is 61.8 Å². The van der Waals surface area contributed by atoms with Crippen molar-refractivity contribution >= 4 is 29.0 Å². The van der Waals surface area contributed by atoms with Crippen molar-refractivity contribution < 1.29 is 0 Å². The van der Waals surface area contributed by atoms with Gasteiger partial charge in [0, 0.05) is 61.8 Å². The van der Waals surface area contributed by atoms with E-state index in [0.29, 0.717) is 17.3 Å². The van der Waals surface area contributed by atoms with Gasteiger partial charge in [-0.15, -0.1) is 0 Å². The van der Waals surface area contributed by atoms with Crippen LogP contribution in [-0.2, 0) is 6.42 Å². The number of hydrogen-bond acceptors (Lipinski definition) is 6. The first-order valence-corrected chi connectivity index (χ1v) is 15.8. The van der Waals surface area contributed by atoms with Gasteiger partial charge in [-0.1, -0.05) is 46.3 Å². The van der Waals surface area contributed by atoms with Crippen LogP contribution in [0.15, 0.2) is 53.4 Å². The predicted octanol–water partition coefficient (Wildman–Crippen LogP) is 7.58. The summed E-state index contributed by atoms with van der Waals surface area (Å²) < 4.78 is 0. The molecule has 4 rings (SSSR count). The maximum Gasteiger partial charge on any atom is 0.131 e. The maximum atomic E-state index is 8.93. The Kier molecular flexibility index (Phi) is 12.6. The summed E-state index contributed by atoms with van der Waals surface area (Å²) in [6, 6.07) is 8.24. The number of hydrogen-bond donors (Lipinski definition) is 2. The van der Waals surface area contributed by atoms with E-state index in [1.165, 1.54) is 28.0 Å². The summed E-state index contributed by atoms with van der Waals surface area (Å²) in [6.07, 6.45) is 7.16. The summed E-state index contributed by atoms with van der Waals surface area (Å²) in [5.74, 6) is 3.40. The van der Waals surface area contributed by atoms with Crippen LogP contribution in [0.5, 0.6) is 0 Å². The fourth-order valence-electron chi connectivity index (χ4n) is 5.73. The van der Waals surface area contributed by atoms with Crippen LogP contribution in [0.25, 0.3) is 0 Å². The number of nitrogens with zero attached hydrogens (tertiary/aromatic N) is 3. The molecule has 6 heteroatoms. The van der Waals surface area contributed by atoms with Crippen molar-refractivity contribution in [3.63, 3.8) is 0 Å². The number of benzene rings is 1. The lowest BCUT2D eigenvalue weighted by Gasteiger charge is -2.40. The van der Waals surface area contributed by atoms with E-state index in [2.05, 4.69) is 75.2 Å². The van der Waals surface area contributed by atoms with Crippen molar-refractivity contribution in [1.82, 2.24) is 9.88 Å². The van der Waals surface area contributed by atoms with E-state index in [1.54, 1.807) is 0 Å². The average Bonchev–Trinajstić information content (AvgIpc) is 2.89. The van der Waals surface area contributed by atoms with Gasteiger partial charge in [-0.3, -0.25) is 5.41 Å². The van der Waals surface area contributed by atoms with E-state index in [1.807, 2.05) is 51.7 Å². The van der Waals surface area contributed by atoms with Gasteiger partial charge in [0.1, 0.15) is 5.82 Å². The summed E-state index contributed by atoms with van der Waals surface area (Å²) in [6.45, 7) is 20.0. The number of aryl methyl sites for hydroxylation is 1. The Morgan fingerprint density at radius 3 is 2.38 bits per heavy atom. The van der Waals surface area contributed by atoms with Crippen LogP contribution in [0.3, 0.4) is 0 Å². The van der Waals surface area contributed by atoms with Gasteiger partial charge in [-0.2, -0.15) is 11.8 Å². The van der Waals surface area contributed by atoms with E-state index in [-0.39, 0.29) is 0 Å². The molecule has 2 aliphatic heterocycles. The zero-order valence-corrected chi connectivity index (χ0v) is 26.8. The lowest BCUT2D eigenvalue weighted by atomic mass is 9.84. The Bertz CT molecular complexity index is 1180. The molecule has 0 amide bonds. The topological polar surface area (TPSA) is 69.2 Å². The highest BCUT2D eigenvalue weighted by atomic mass is 32.2. The monoisotopic (exact) mass is 549 g/mol. The van der Waals surface area contributed by atoms with Gasteiger partial charge >= 0.3 is 0 Å². The van der Waals surface area contributed by atoms with Gasteiger partial charge in [0.15, 0.2) is 0 Å². The van der Waals surface area contributed by atoms with Crippen LogP contribution in [-0.4, -0.2) is 54.3 Å². The fourth-order valence-corrected chi connectivity index (χ4v) is 6.41. The number of aromatic nitrogens is 1. The highest BCUT2D eigenvalue weighted by Gasteiger charge is 2.28. The highest BCUT2D eigenvalue weighted by molar-refractivity contribution is 7.98. The first kappa shape index (κ1) is 32.5. The Hall–Kier alpha value is -2.73. The van der Waals surface area contributed by atoms with Crippen LogP contribution < -0.4 is 10.6 Å². The lowest BCUT2D eigenvalue weighted by Crippen LogP contribution is -2.48. The normalized spacial score (nSPS) is 15.9. The van der Waals surface area contributed by atoms with Crippen molar-refractivity contribution in [3.05, 3.63) is 75.6 Å². The lowest BCUT2D eigenvalue weighted by molar-refractivity contribution is 0.450. The molecule has 1 aromatic carbocycles. The number of nitrogens with two attached hydrogens (primary N) is 1. The molecule has 5 nitrogen and oxygen atoms in total. The second-order valence-electron chi connectivity index (χ2n) is 10.4. The minimum Gasteiger partial charge on any atom is -0.398 e. The molecule has 1 unspecified atom stereocenters. The van der Waals surface area contributed by atoms with Gasteiger partial charge in [0.25, 0.3) is 0 Å². The molecule has 0 bridgehead atoms. The standard InChI is InChI=1S/C29H39N5S.2C2H6/c1-18(27-20(3)13-33(5)14-21(27)4)9-22-7-8-26(30)25(11-22)28(31)24-10-19(2)29(32-12-24)34-15-23(16-34)17-35-6;2*1-2/h7-8,10-13,18,23,31H,9,14-17,30H2,1-6H3;2*1-2H3. The average molecular weight is 550 g/mol. The molecule has 1 fully saturated rings. The van der Waals surface area contributed by atoms with Crippen LogP contribution in [0.1, 0.15) is 70.7 Å². The molecule has 3 heterocycles. The van der Waals surface area contributed by atoms with Gasteiger partial charge in [0.05, 0.1) is 5.71 Å². The third-order valence-electron chi connectivity index (χ3n) is 7.21. The molecular formula is C33H51N5S. The first-order valence-electron chi connectivity index (χ1n) is 14.4. The number of pyridine rings is 1. The number of nitrogens with one attached hydrogen (secondary N) is 1. The Morgan fingerprint density at radius 1 is 1.13 bits per heavy atom. The van der Waals surface area contributed by atoms with Gasteiger partial charge in [0.2, 0.25) is 0 Å². The Labute approximate surface area is 242 Å². The van der Waals surface area contributed by atoms with Crippen molar-refractivity contribution in [3.8, 4) is 0 Å². The summed E-state index contributed by atoms with van der Waals surface area (Å²) >= 11 is 1.91. The quantitative estimate of drug-likeness (QED) is 0.262. The van der Waals surface area contributed by atoms with Crippen molar-refractivity contribution in [1.29, 1.82) is 5.41 Å². The van der Waals surface area contributed by atoms with Gasteiger partial charge in [-0.05, 0) is 85.6 Å². The van der Waals surface area contributed by atoms with Crippen molar-refractivity contribution in [2.75, 3.05) is 49.3 Å². The minimum atomic E-state index is 0.403. The highest BCUT2D eigenvalue weighted by Crippen LogP contribution is 2.32. The third kappa shape index (κ3) is 7.91. The number of likely N-dealkylation sites (N-methyl/N-ethyl adjacent to an activating group) is 1. The zero-order valence-electron chi connectivity index (χ0n) is 26.0. The number of rotatable bonds is 8. The van der Waals surface area contributed by atoms with Crippen LogP contribution in [0.2, 0.25) is 0 Å². The summed E-state index contributed by atoms with van der Waals surface area (Å²) in [5.41, 5.74) is 15.6. The molecule has 0 saturated carbocycles. The Morgan fingerprint density at radius 2 is 1.79 bits per heavy atom. The summed E-state index contributed by atoms with van der Waals surface area (Å²) in [5, 5.41) is 8.93. The molecule has 2 aliphatic rings. The van der Waals surface area contributed by atoms with Crippen LogP contribution >= 0.6 is 11.8 Å². The molecule has 1 saturated heterocycles. The number of allylic oxidation sites excluding steroid dienone is 2. The van der Waals surface area contributed by atoms with Crippen LogP contribution in [0.4, 0.5) is 11.5 Å². The van der Waals surface area contributed by atoms with E-state index in [4.69, 9.17) is 16.1 Å². The van der Waals surface area contributed by atoms with E-state index < -0.39 is 0 Å². The Balaban J connectivity index is 0.00000127. The second-order valence-corrected chi connectivity index (χ2v) is 11.3. The SMILES string of the molecule is CC.CC.CSCC1CN(c2ncc(C(=N)c3cc(CC(C)C4=C(C)CN(C)C=C4C)ccc3N)cc2C)C1. The predicted molar refractivity (Wildman–Crippen MR) is 174 cm³/mol. The molecule has 0 aliphatic carbocycles. The molecule has 0 spiro atoms. The smallest absolute Gasteiger partial charge is 0.131 e. The molecular weight excluding hydrogens is 498 g/mol. The molecule has 214 valence electrons. The van der Waals surface area contributed by atoms with Crippen molar-refractivity contribution in [2.24, 2.45) is 11.8 Å². The molecule has 1 atom stereocenters. The van der Waals surface area contributed by atoms with E-state index in [9.17, 15) is 0 Å². The molecule has 0 radical (unpaired) electrons. The maximum absolute atomic E-state index is 8.93. The summed E-state index contributed by atoms with van der Waals surface area (Å²) in [7, 11) is 2.13. The second kappa shape index (κ2) is 15.2. The summed E-state index contributed by atoms with van der Waals surface area (Å²) in [4.78, 5) is 9.34. The van der Waals surface area contributed by atoms with E-state index >= 15 is 0 Å². The molecule has 39 heavy (non-hydrogen) atoms. The molecule has 3 N–H and O–H groups in total.